The van der Waals surface area contributed by atoms with Crippen LogP contribution in [0.5, 0.6) is 5.75 Å². The molecule has 1 N–H and O–H groups in total. The SMILES string of the molecule is COc1ccc(/C=C/C(C)=C/C=C\C=N)cc1. The van der Waals surface area contributed by atoms with Crippen molar-refractivity contribution in [1.82, 2.24) is 0 Å². The fraction of sp³-hybridized carbons (Fsp3) is 0.133. The van der Waals surface area contributed by atoms with Gasteiger partial charge in [-0.15, -0.1) is 0 Å². The Bertz CT molecular complexity index is 438. The Labute approximate surface area is 102 Å². The van der Waals surface area contributed by atoms with Crippen LogP contribution in [0.2, 0.25) is 0 Å². The zero-order chi connectivity index (χ0) is 12.5. The smallest absolute Gasteiger partial charge is 0.118 e. The lowest BCUT2D eigenvalue weighted by Crippen LogP contribution is -1.81. The van der Waals surface area contributed by atoms with Gasteiger partial charge < -0.3 is 10.1 Å². The summed E-state index contributed by atoms with van der Waals surface area (Å²) in [5, 5.41) is 6.85. The lowest BCUT2D eigenvalue weighted by atomic mass is 10.1. The van der Waals surface area contributed by atoms with Gasteiger partial charge in [-0.1, -0.05) is 42.0 Å². The number of allylic oxidation sites excluding steroid dienone is 5. The van der Waals surface area contributed by atoms with Gasteiger partial charge in [0, 0.05) is 6.21 Å². The van der Waals surface area contributed by atoms with Crippen molar-refractivity contribution in [3.8, 4) is 5.75 Å². The molecule has 2 heteroatoms. The molecule has 0 fully saturated rings. The highest BCUT2D eigenvalue weighted by molar-refractivity contribution is 5.68. The number of rotatable bonds is 5. The molecule has 0 bridgehead atoms. The van der Waals surface area contributed by atoms with Crippen molar-refractivity contribution in [2.45, 2.75) is 6.92 Å². The van der Waals surface area contributed by atoms with Crippen LogP contribution in [0, 0.1) is 5.41 Å². The van der Waals surface area contributed by atoms with Crippen molar-refractivity contribution in [3.05, 3.63) is 59.7 Å². The highest BCUT2D eigenvalue weighted by atomic mass is 16.5. The minimum atomic E-state index is 0.864. The van der Waals surface area contributed by atoms with Crippen LogP contribution in [0.4, 0.5) is 0 Å². The first-order valence-corrected chi connectivity index (χ1v) is 5.42. The van der Waals surface area contributed by atoms with Crippen molar-refractivity contribution >= 4 is 12.3 Å². The van der Waals surface area contributed by atoms with E-state index in [1.54, 1.807) is 13.2 Å². The molecular weight excluding hydrogens is 210 g/mol. The molecule has 0 saturated heterocycles. The van der Waals surface area contributed by atoms with Crippen molar-refractivity contribution in [2.24, 2.45) is 0 Å². The predicted molar refractivity (Wildman–Crippen MR) is 73.7 cm³/mol. The predicted octanol–water partition coefficient (Wildman–Crippen LogP) is 3.86. The molecule has 1 aromatic carbocycles. The third-order valence-electron chi connectivity index (χ3n) is 2.22. The Hall–Kier alpha value is -2.09. The van der Waals surface area contributed by atoms with Gasteiger partial charge in [0.05, 0.1) is 7.11 Å². The van der Waals surface area contributed by atoms with E-state index in [-0.39, 0.29) is 0 Å². The molecule has 2 nitrogen and oxygen atoms in total. The lowest BCUT2D eigenvalue weighted by molar-refractivity contribution is 0.415. The van der Waals surface area contributed by atoms with Crippen LogP contribution < -0.4 is 4.74 Å². The summed E-state index contributed by atoms with van der Waals surface area (Å²) in [4.78, 5) is 0. The topological polar surface area (TPSA) is 33.1 Å². The maximum Gasteiger partial charge on any atom is 0.118 e. The van der Waals surface area contributed by atoms with Gasteiger partial charge in [-0.3, -0.25) is 0 Å². The molecule has 88 valence electrons. The molecule has 0 spiro atoms. The Morgan fingerprint density at radius 3 is 2.47 bits per heavy atom. The number of nitrogens with one attached hydrogen (secondary N) is 1. The molecule has 0 aromatic heterocycles. The number of benzene rings is 1. The van der Waals surface area contributed by atoms with Crippen LogP contribution in [0.25, 0.3) is 6.08 Å². The zero-order valence-corrected chi connectivity index (χ0v) is 10.2. The summed E-state index contributed by atoms with van der Waals surface area (Å²) in [6.07, 6.45) is 10.8. The second-order valence-electron chi connectivity index (χ2n) is 3.57. The van der Waals surface area contributed by atoms with Gasteiger partial charge in [0.2, 0.25) is 0 Å². The van der Waals surface area contributed by atoms with E-state index in [4.69, 9.17) is 10.1 Å². The van der Waals surface area contributed by atoms with Gasteiger partial charge in [0.15, 0.2) is 0 Å². The summed E-state index contributed by atoms with van der Waals surface area (Å²) in [5.41, 5.74) is 2.27. The molecule has 1 aromatic rings. The molecule has 0 saturated carbocycles. The van der Waals surface area contributed by atoms with E-state index in [9.17, 15) is 0 Å². The van der Waals surface area contributed by atoms with Crippen LogP contribution in [0.1, 0.15) is 12.5 Å². The zero-order valence-electron chi connectivity index (χ0n) is 10.2. The molecule has 0 radical (unpaired) electrons. The normalized spacial score (nSPS) is 12.2. The van der Waals surface area contributed by atoms with E-state index in [1.807, 2.05) is 55.5 Å². The summed E-state index contributed by atoms with van der Waals surface area (Å²) in [6, 6.07) is 7.90. The molecule has 0 aliphatic carbocycles. The van der Waals surface area contributed by atoms with E-state index in [1.165, 1.54) is 6.21 Å². The quantitative estimate of drug-likeness (QED) is 0.601. The van der Waals surface area contributed by atoms with Gasteiger partial charge in [-0.05, 0) is 30.7 Å². The summed E-state index contributed by atoms with van der Waals surface area (Å²) < 4.78 is 5.09. The van der Waals surface area contributed by atoms with E-state index in [0.717, 1.165) is 16.9 Å². The fourth-order valence-electron chi connectivity index (χ4n) is 1.26. The minimum absolute atomic E-state index is 0.864. The van der Waals surface area contributed by atoms with Gasteiger partial charge in [-0.2, -0.15) is 0 Å². The summed E-state index contributed by atoms with van der Waals surface area (Å²) in [6.45, 7) is 2.02. The number of methoxy groups -OCH3 is 1. The summed E-state index contributed by atoms with van der Waals surface area (Å²) in [5.74, 6) is 0.864. The molecular formula is C15H17NO. The number of hydrogen-bond acceptors (Lipinski definition) is 2. The average Bonchev–Trinajstić information content (AvgIpc) is 2.37. The Morgan fingerprint density at radius 2 is 1.88 bits per heavy atom. The minimum Gasteiger partial charge on any atom is -0.497 e. The molecule has 0 atom stereocenters. The lowest BCUT2D eigenvalue weighted by Gasteiger charge is -1.99. The highest BCUT2D eigenvalue weighted by Gasteiger charge is 1.89. The first-order chi connectivity index (χ1) is 8.26. The second-order valence-corrected chi connectivity index (χ2v) is 3.57. The maximum absolute atomic E-state index is 6.85. The molecule has 0 aliphatic heterocycles. The molecule has 0 amide bonds. The largest absolute Gasteiger partial charge is 0.497 e. The standard InChI is InChI=1S/C15H17NO/c1-13(5-3-4-12-16)6-7-14-8-10-15(17-2)11-9-14/h3-12,16H,1-2H3/b4-3-,7-6+,13-5+,16-12?. The molecule has 1 rings (SSSR count). The van der Waals surface area contributed by atoms with E-state index < -0.39 is 0 Å². The Kier molecular flexibility index (Phi) is 5.52. The fourth-order valence-corrected chi connectivity index (χ4v) is 1.26. The van der Waals surface area contributed by atoms with Gasteiger partial charge >= 0.3 is 0 Å². The number of hydrogen-bond donors (Lipinski definition) is 1. The van der Waals surface area contributed by atoms with Crippen molar-refractivity contribution in [1.29, 1.82) is 5.41 Å². The van der Waals surface area contributed by atoms with Gasteiger partial charge in [0.25, 0.3) is 0 Å². The molecule has 0 unspecified atom stereocenters. The third kappa shape index (κ3) is 4.98. The first-order valence-electron chi connectivity index (χ1n) is 5.42. The average molecular weight is 227 g/mol. The third-order valence-corrected chi connectivity index (χ3v) is 2.22. The van der Waals surface area contributed by atoms with Crippen LogP contribution in [0.15, 0.2) is 54.1 Å². The monoisotopic (exact) mass is 227 g/mol. The van der Waals surface area contributed by atoms with Crippen molar-refractivity contribution in [2.75, 3.05) is 7.11 Å². The highest BCUT2D eigenvalue weighted by Crippen LogP contribution is 2.13. The summed E-state index contributed by atoms with van der Waals surface area (Å²) >= 11 is 0. The van der Waals surface area contributed by atoms with Crippen molar-refractivity contribution in [3.63, 3.8) is 0 Å². The molecule has 17 heavy (non-hydrogen) atoms. The maximum atomic E-state index is 6.85. The molecule has 0 aliphatic rings. The van der Waals surface area contributed by atoms with E-state index in [0.29, 0.717) is 0 Å². The van der Waals surface area contributed by atoms with Crippen LogP contribution >= 0.6 is 0 Å². The van der Waals surface area contributed by atoms with Crippen LogP contribution in [0.3, 0.4) is 0 Å². The first kappa shape index (κ1) is 13.0. The Morgan fingerprint density at radius 1 is 1.18 bits per heavy atom. The van der Waals surface area contributed by atoms with Gasteiger partial charge in [-0.25, -0.2) is 0 Å². The Balaban J connectivity index is 2.66. The summed E-state index contributed by atoms with van der Waals surface area (Å²) in [7, 11) is 1.66. The van der Waals surface area contributed by atoms with E-state index >= 15 is 0 Å². The second kappa shape index (κ2) is 7.23. The van der Waals surface area contributed by atoms with Gasteiger partial charge in [0.1, 0.15) is 5.75 Å². The van der Waals surface area contributed by atoms with Crippen LogP contribution in [-0.2, 0) is 0 Å². The molecule has 0 heterocycles. The van der Waals surface area contributed by atoms with Crippen LogP contribution in [-0.4, -0.2) is 13.3 Å². The number of ether oxygens (including phenoxy) is 1. The van der Waals surface area contributed by atoms with Crippen molar-refractivity contribution < 1.29 is 4.74 Å². The van der Waals surface area contributed by atoms with E-state index in [2.05, 4.69) is 0 Å².